The van der Waals surface area contributed by atoms with Crippen LogP contribution >= 0.6 is 0 Å². The summed E-state index contributed by atoms with van der Waals surface area (Å²) >= 11 is 0. The lowest BCUT2D eigenvalue weighted by molar-refractivity contribution is -0.138. The summed E-state index contributed by atoms with van der Waals surface area (Å²) in [6, 6.07) is 9.18. The summed E-state index contributed by atoms with van der Waals surface area (Å²) in [6.07, 6.45) is 1.53. The van der Waals surface area contributed by atoms with Crippen LogP contribution < -0.4 is 5.32 Å². The van der Waals surface area contributed by atoms with Crippen molar-refractivity contribution in [1.82, 2.24) is 5.32 Å². The first-order valence-corrected chi connectivity index (χ1v) is 4.99. The number of hydrogen-bond acceptors (Lipinski definition) is 3. The third-order valence-corrected chi connectivity index (χ3v) is 2.20. The highest BCUT2D eigenvalue weighted by molar-refractivity contribution is 6.20. The zero-order chi connectivity index (χ0) is 11.4. The molecule has 0 radical (unpaired) electrons. The van der Waals surface area contributed by atoms with Crippen molar-refractivity contribution >= 4 is 18.0 Å². The second-order valence-electron chi connectivity index (χ2n) is 3.36. The minimum Gasteiger partial charge on any atom is -0.460 e. The lowest BCUT2D eigenvalue weighted by Gasteiger charge is -2.00. The van der Waals surface area contributed by atoms with Crippen LogP contribution in [0.15, 0.2) is 35.9 Å². The van der Waals surface area contributed by atoms with E-state index in [4.69, 9.17) is 4.74 Å². The standard InChI is InChI=1S/C12H11NO3/c14-11-10(12(15)16-7-6-13-11)8-9-4-2-1-3-5-9/h1-5,8H,6-7H2,(H,13,14)/b10-8+. The van der Waals surface area contributed by atoms with E-state index in [9.17, 15) is 9.59 Å². The predicted octanol–water partition coefficient (Wildman–Crippen LogP) is 0.743. The van der Waals surface area contributed by atoms with Crippen LogP contribution in [0.5, 0.6) is 0 Å². The average molecular weight is 217 g/mol. The Morgan fingerprint density at radius 2 is 1.94 bits per heavy atom. The molecule has 1 fully saturated rings. The van der Waals surface area contributed by atoms with Gasteiger partial charge in [0.15, 0.2) is 0 Å². The molecular weight excluding hydrogens is 206 g/mol. The number of carbonyl (C=O) groups is 2. The smallest absolute Gasteiger partial charge is 0.343 e. The van der Waals surface area contributed by atoms with Crippen LogP contribution in [0.25, 0.3) is 6.08 Å². The van der Waals surface area contributed by atoms with E-state index in [1.165, 1.54) is 6.08 Å². The van der Waals surface area contributed by atoms with Crippen molar-refractivity contribution in [1.29, 1.82) is 0 Å². The van der Waals surface area contributed by atoms with Gasteiger partial charge in [-0.05, 0) is 11.6 Å². The molecule has 0 aliphatic carbocycles. The number of amides is 1. The van der Waals surface area contributed by atoms with Crippen LogP contribution in [0, 0.1) is 0 Å². The number of nitrogens with one attached hydrogen (secondary N) is 1. The molecule has 0 unspecified atom stereocenters. The summed E-state index contributed by atoms with van der Waals surface area (Å²) in [5.41, 5.74) is 0.843. The molecule has 1 saturated heterocycles. The van der Waals surface area contributed by atoms with Gasteiger partial charge in [0.1, 0.15) is 12.2 Å². The number of esters is 1. The van der Waals surface area contributed by atoms with Crippen molar-refractivity contribution in [2.45, 2.75) is 0 Å². The molecule has 4 heteroatoms. The van der Waals surface area contributed by atoms with Gasteiger partial charge in [0.05, 0.1) is 6.54 Å². The van der Waals surface area contributed by atoms with Gasteiger partial charge in [0, 0.05) is 0 Å². The molecule has 16 heavy (non-hydrogen) atoms. The van der Waals surface area contributed by atoms with Crippen LogP contribution in [0.4, 0.5) is 0 Å². The molecule has 0 spiro atoms. The number of carbonyl (C=O) groups excluding carboxylic acids is 2. The van der Waals surface area contributed by atoms with Crippen LogP contribution in [0.3, 0.4) is 0 Å². The van der Waals surface area contributed by atoms with Crippen LogP contribution in [0.1, 0.15) is 5.56 Å². The Balaban J connectivity index is 2.33. The topological polar surface area (TPSA) is 55.4 Å². The van der Waals surface area contributed by atoms with Gasteiger partial charge in [-0.2, -0.15) is 0 Å². The monoisotopic (exact) mass is 217 g/mol. The average Bonchev–Trinajstić information content (AvgIpc) is 2.46. The molecule has 0 saturated carbocycles. The summed E-state index contributed by atoms with van der Waals surface area (Å²) in [5, 5.41) is 2.59. The zero-order valence-electron chi connectivity index (χ0n) is 8.60. The first-order valence-electron chi connectivity index (χ1n) is 4.99. The quantitative estimate of drug-likeness (QED) is 0.429. The van der Waals surface area contributed by atoms with Gasteiger partial charge in [-0.3, -0.25) is 4.79 Å². The molecule has 1 aromatic rings. The molecule has 4 nitrogen and oxygen atoms in total. The minimum atomic E-state index is -0.571. The van der Waals surface area contributed by atoms with E-state index in [1.807, 2.05) is 30.3 Å². The van der Waals surface area contributed by atoms with Crippen LogP contribution in [0.2, 0.25) is 0 Å². The Morgan fingerprint density at radius 1 is 1.19 bits per heavy atom. The summed E-state index contributed by atoms with van der Waals surface area (Å²) < 4.78 is 4.87. The van der Waals surface area contributed by atoms with Gasteiger partial charge in [-0.15, -0.1) is 0 Å². The van der Waals surface area contributed by atoms with E-state index in [0.29, 0.717) is 6.54 Å². The lowest BCUT2D eigenvalue weighted by Crippen LogP contribution is -2.25. The van der Waals surface area contributed by atoms with Gasteiger partial charge >= 0.3 is 5.97 Å². The van der Waals surface area contributed by atoms with E-state index in [-0.39, 0.29) is 18.1 Å². The molecule has 1 aliphatic heterocycles. The van der Waals surface area contributed by atoms with Crippen LogP contribution in [-0.2, 0) is 14.3 Å². The second kappa shape index (κ2) is 4.61. The SMILES string of the molecule is O=C1NCCOC(=O)/C1=C/c1ccccc1. The van der Waals surface area contributed by atoms with Gasteiger partial charge in [-0.1, -0.05) is 30.3 Å². The third-order valence-electron chi connectivity index (χ3n) is 2.20. The Hall–Kier alpha value is -2.10. The summed E-state index contributed by atoms with van der Waals surface area (Å²) in [5.74, 6) is -0.954. The first-order chi connectivity index (χ1) is 7.77. The number of benzene rings is 1. The summed E-state index contributed by atoms with van der Waals surface area (Å²) in [7, 11) is 0. The molecule has 1 amide bonds. The van der Waals surface area contributed by atoms with Crippen molar-refractivity contribution in [3.05, 3.63) is 41.5 Å². The molecule has 1 aliphatic rings. The van der Waals surface area contributed by atoms with Crippen molar-refractivity contribution in [3.8, 4) is 0 Å². The fraction of sp³-hybridized carbons (Fsp3) is 0.167. The summed E-state index contributed by atoms with van der Waals surface area (Å²) in [6.45, 7) is 0.577. The number of rotatable bonds is 1. The largest absolute Gasteiger partial charge is 0.460 e. The molecule has 0 aromatic heterocycles. The zero-order valence-corrected chi connectivity index (χ0v) is 8.60. The Kier molecular flexibility index (Phi) is 3.00. The van der Waals surface area contributed by atoms with E-state index < -0.39 is 5.97 Å². The normalized spacial score (nSPS) is 18.9. The molecule has 1 heterocycles. The Labute approximate surface area is 92.9 Å². The van der Waals surface area contributed by atoms with Gasteiger partial charge in [-0.25, -0.2) is 4.79 Å². The fourth-order valence-electron chi connectivity index (χ4n) is 1.41. The van der Waals surface area contributed by atoms with E-state index >= 15 is 0 Å². The molecule has 2 rings (SSSR count). The van der Waals surface area contributed by atoms with Crippen molar-refractivity contribution < 1.29 is 14.3 Å². The maximum absolute atomic E-state index is 11.5. The highest BCUT2D eigenvalue weighted by Crippen LogP contribution is 2.09. The second-order valence-corrected chi connectivity index (χ2v) is 3.36. The summed E-state index contributed by atoms with van der Waals surface area (Å²) in [4.78, 5) is 23.0. The maximum atomic E-state index is 11.5. The number of ether oxygens (including phenoxy) is 1. The Morgan fingerprint density at radius 3 is 2.69 bits per heavy atom. The maximum Gasteiger partial charge on any atom is 0.343 e. The minimum absolute atomic E-state index is 0.0451. The Bertz CT molecular complexity index is 417. The van der Waals surface area contributed by atoms with Crippen molar-refractivity contribution in [3.63, 3.8) is 0 Å². The van der Waals surface area contributed by atoms with Gasteiger partial charge in [0.2, 0.25) is 0 Å². The van der Waals surface area contributed by atoms with E-state index in [0.717, 1.165) is 5.56 Å². The predicted molar refractivity (Wildman–Crippen MR) is 58.4 cm³/mol. The molecule has 1 aromatic carbocycles. The molecule has 1 N–H and O–H groups in total. The molecule has 0 atom stereocenters. The van der Waals surface area contributed by atoms with Crippen molar-refractivity contribution in [2.75, 3.05) is 13.2 Å². The molecular formula is C12H11NO3. The van der Waals surface area contributed by atoms with E-state index in [2.05, 4.69) is 5.32 Å². The molecule has 82 valence electrons. The number of cyclic esters (lactones) is 1. The third kappa shape index (κ3) is 2.28. The lowest BCUT2D eigenvalue weighted by atomic mass is 10.1. The number of hydrogen-bond donors (Lipinski definition) is 1. The van der Waals surface area contributed by atoms with Crippen LogP contribution in [-0.4, -0.2) is 25.0 Å². The fourth-order valence-corrected chi connectivity index (χ4v) is 1.41. The van der Waals surface area contributed by atoms with Gasteiger partial charge < -0.3 is 10.1 Å². The van der Waals surface area contributed by atoms with Gasteiger partial charge in [0.25, 0.3) is 5.91 Å². The van der Waals surface area contributed by atoms with E-state index in [1.54, 1.807) is 0 Å². The highest BCUT2D eigenvalue weighted by atomic mass is 16.5. The van der Waals surface area contributed by atoms with Crippen molar-refractivity contribution in [2.24, 2.45) is 0 Å². The first kappa shape index (κ1) is 10.4. The molecule has 0 bridgehead atoms. The highest BCUT2D eigenvalue weighted by Gasteiger charge is 2.22.